The molecule has 31 heavy (non-hydrogen) atoms. The maximum absolute atomic E-state index is 12.6. The predicted octanol–water partition coefficient (Wildman–Crippen LogP) is 2.34. The first-order valence-electron chi connectivity index (χ1n) is 9.33. The van der Waals surface area contributed by atoms with E-state index in [4.69, 9.17) is 18.6 Å². The summed E-state index contributed by atoms with van der Waals surface area (Å²) in [7, 11) is 1.44. The molecule has 1 aromatic carbocycles. The summed E-state index contributed by atoms with van der Waals surface area (Å²) in [5, 5.41) is 0. The van der Waals surface area contributed by atoms with Crippen LogP contribution in [0.4, 0.5) is 0 Å². The molecule has 162 valence electrons. The number of ether oxygens (including phenoxy) is 3. The van der Waals surface area contributed by atoms with Gasteiger partial charge in [-0.25, -0.2) is 0 Å². The highest BCUT2D eigenvalue weighted by molar-refractivity contribution is 6.28. The van der Waals surface area contributed by atoms with E-state index < -0.39 is 47.9 Å². The maximum atomic E-state index is 12.6. The van der Waals surface area contributed by atoms with E-state index in [1.807, 2.05) is 0 Å². The Balaban J connectivity index is 1.61. The van der Waals surface area contributed by atoms with E-state index in [0.29, 0.717) is 0 Å². The van der Waals surface area contributed by atoms with Crippen molar-refractivity contribution in [1.82, 2.24) is 0 Å². The number of benzene rings is 1. The number of ketones is 3. The lowest BCUT2D eigenvalue weighted by Gasteiger charge is -2.20. The van der Waals surface area contributed by atoms with Gasteiger partial charge >= 0.3 is 11.9 Å². The van der Waals surface area contributed by atoms with Crippen molar-refractivity contribution in [2.24, 2.45) is 5.41 Å². The lowest BCUT2D eigenvalue weighted by Crippen LogP contribution is -2.32. The summed E-state index contributed by atoms with van der Waals surface area (Å²) >= 11 is 0. The van der Waals surface area contributed by atoms with Crippen LogP contribution in [0.2, 0.25) is 0 Å². The Kier molecular flexibility index (Phi) is 6.16. The number of furan rings is 1. The summed E-state index contributed by atoms with van der Waals surface area (Å²) < 4.78 is 19.8. The Morgan fingerprint density at radius 1 is 0.968 bits per heavy atom. The van der Waals surface area contributed by atoms with Gasteiger partial charge in [0.1, 0.15) is 6.42 Å². The van der Waals surface area contributed by atoms with Crippen LogP contribution in [-0.2, 0) is 23.8 Å². The van der Waals surface area contributed by atoms with Gasteiger partial charge in [0, 0.05) is 18.2 Å². The number of carbonyl (C=O) groups excluding carboxylic acids is 5. The number of esters is 2. The lowest BCUT2D eigenvalue weighted by molar-refractivity contribution is -0.175. The van der Waals surface area contributed by atoms with Gasteiger partial charge in [-0.05, 0) is 19.9 Å². The van der Waals surface area contributed by atoms with E-state index in [9.17, 15) is 24.0 Å². The van der Waals surface area contributed by atoms with Crippen LogP contribution >= 0.6 is 0 Å². The SMILES string of the molecule is COCC(C)(C)C(=O)OCOC(=O)CC(=O)c1cc2c(o1)C(=O)c1ccccc1C2=O. The van der Waals surface area contributed by atoms with Crippen LogP contribution in [0, 0.1) is 5.41 Å². The van der Waals surface area contributed by atoms with Crippen LogP contribution < -0.4 is 0 Å². The summed E-state index contributed by atoms with van der Waals surface area (Å²) in [5.41, 5.74) is -0.556. The molecular weight excluding hydrogens is 408 g/mol. The van der Waals surface area contributed by atoms with Crippen molar-refractivity contribution in [3.05, 3.63) is 58.5 Å². The Hall–Kier alpha value is -3.59. The van der Waals surface area contributed by atoms with Gasteiger partial charge in [-0.3, -0.25) is 24.0 Å². The average Bonchev–Trinajstić information content (AvgIpc) is 3.18. The number of fused-ring (bicyclic) bond motifs is 2. The third-order valence-electron chi connectivity index (χ3n) is 4.65. The summed E-state index contributed by atoms with van der Waals surface area (Å²) in [6.07, 6.45) is -0.721. The van der Waals surface area contributed by atoms with Gasteiger partial charge in [0.05, 0.1) is 17.6 Å². The Bertz CT molecular complexity index is 1020. The maximum Gasteiger partial charge on any atom is 0.316 e. The van der Waals surface area contributed by atoms with E-state index in [1.54, 1.807) is 26.0 Å². The minimum Gasteiger partial charge on any atom is -0.449 e. The van der Waals surface area contributed by atoms with E-state index >= 15 is 0 Å². The van der Waals surface area contributed by atoms with Gasteiger partial charge in [0.2, 0.25) is 18.4 Å². The molecule has 0 fully saturated rings. The fourth-order valence-electron chi connectivity index (χ4n) is 3.05. The average molecular weight is 428 g/mol. The molecule has 0 saturated heterocycles. The number of carbonyl (C=O) groups is 5. The standard InChI is InChI=1S/C22H20O9/c1-22(2,10-28-3)21(27)30-11-29-17(24)9-15(23)16-8-14-18(25)12-6-4-5-7-13(12)19(26)20(14)31-16/h4-8H,9-11H2,1-3H3. The second-order valence-corrected chi connectivity index (χ2v) is 7.54. The molecule has 0 spiro atoms. The summed E-state index contributed by atoms with van der Waals surface area (Å²) in [6.45, 7) is 2.65. The molecule has 0 saturated carbocycles. The molecular formula is C22H20O9. The van der Waals surface area contributed by atoms with Crippen LogP contribution in [-0.4, -0.2) is 49.8 Å². The first-order valence-corrected chi connectivity index (χ1v) is 9.33. The zero-order valence-electron chi connectivity index (χ0n) is 17.2. The first-order chi connectivity index (χ1) is 14.7. The fraction of sp³-hybridized carbons (Fsp3) is 0.318. The summed E-state index contributed by atoms with van der Waals surface area (Å²) in [5.74, 6) is -3.89. The van der Waals surface area contributed by atoms with E-state index in [1.165, 1.54) is 19.2 Å². The number of rotatable bonds is 8. The molecule has 0 N–H and O–H groups in total. The van der Waals surface area contributed by atoms with Crippen molar-refractivity contribution in [1.29, 1.82) is 0 Å². The summed E-state index contributed by atoms with van der Waals surface area (Å²) in [6, 6.07) is 7.40. The zero-order chi connectivity index (χ0) is 22.8. The van der Waals surface area contributed by atoms with Gasteiger partial charge in [0.15, 0.2) is 17.3 Å². The van der Waals surface area contributed by atoms with Gasteiger partial charge < -0.3 is 18.6 Å². The highest BCUT2D eigenvalue weighted by Crippen LogP contribution is 2.30. The van der Waals surface area contributed by atoms with Crippen LogP contribution in [0.15, 0.2) is 34.7 Å². The number of hydrogen-bond donors (Lipinski definition) is 0. The van der Waals surface area contributed by atoms with Crippen LogP contribution in [0.5, 0.6) is 0 Å². The van der Waals surface area contributed by atoms with Crippen molar-refractivity contribution in [2.45, 2.75) is 20.3 Å². The first kappa shape index (κ1) is 22.1. The normalized spacial score (nSPS) is 12.7. The van der Waals surface area contributed by atoms with Crippen molar-refractivity contribution < 1.29 is 42.6 Å². The molecule has 1 aromatic heterocycles. The highest BCUT2D eigenvalue weighted by atomic mass is 16.7. The largest absolute Gasteiger partial charge is 0.449 e. The van der Waals surface area contributed by atoms with Crippen molar-refractivity contribution in [3.63, 3.8) is 0 Å². The van der Waals surface area contributed by atoms with E-state index in [-0.39, 0.29) is 34.8 Å². The molecule has 1 aliphatic rings. The van der Waals surface area contributed by atoms with Gasteiger partial charge in [0.25, 0.3) is 0 Å². The Morgan fingerprint density at radius 2 is 1.61 bits per heavy atom. The summed E-state index contributed by atoms with van der Waals surface area (Å²) in [4.78, 5) is 61.3. The molecule has 1 heterocycles. The highest BCUT2D eigenvalue weighted by Gasteiger charge is 2.35. The van der Waals surface area contributed by atoms with Crippen LogP contribution in [0.25, 0.3) is 0 Å². The van der Waals surface area contributed by atoms with Gasteiger partial charge in [-0.2, -0.15) is 0 Å². The molecule has 1 aliphatic carbocycles. The molecule has 0 atom stereocenters. The van der Waals surface area contributed by atoms with Crippen LogP contribution in [0.3, 0.4) is 0 Å². The predicted molar refractivity (Wildman–Crippen MR) is 104 cm³/mol. The second kappa shape index (κ2) is 8.65. The molecule has 0 bridgehead atoms. The fourth-order valence-corrected chi connectivity index (χ4v) is 3.05. The molecule has 0 radical (unpaired) electrons. The molecule has 2 aromatic rings. The molecule has 9 nitrogen and oxygen atoms in total. The minimum atomic E-state index is -0.961. The second-order valence-electron chi connectivity index (χ2n) is 7.54. The Labute approximate surface area is 177 Å². The van der Waals surface area contributed by atoms with Crippen LogP contribution in [0.1, 0.15) is 62.9 Å². The van der Waals surface area contributed by atoms with Gasteiger partial charge in [-0.1, -0.05) is 24.3 Å². The zero-order valence-corrected chi connectivity index (χ0v) is 17.2. The van der Waals surface area contributed by atoms with Crippen molar-refractivity contribution in [3.8, 4) is 0 Å². The lowest BCUT2D eigenvalue weighted by atomic mass is 9.88. The monoisotopic (exact) mass is 428 g/mol. The number of Topliss-reactive ketones (excluding diaryl/α,β-unsaturated/α-hetero) is 1. The third kappa shape index (κ3) is 4.46. The third-order valence-corrected chi connectivity index (χ3v) is 4.65. The number of hydrogen-bond acceptors (Lipinski definition) is 9. The van der Waals surface area contributed by atoms with E-state index in [0.717, 1.165) is 6.07 Å². The van der Waals surface area contributed by atoms with Crippen molar-refractivity contribution >= 4 is 29.3 Å². The topological polar surface area (TPSA) is 126 Å². The molecule has 0 unspecified atom stereocenters. The molecule has 9 heteroatoms. The minimum absolute atomic E-state index is 0.0327. The quantitative estimate of drug-likeness (QED) is 0.230. The van der Waals surface area contributed by atoms with Gasteiger partial charge in [-0.15, -0.1) is 0 Å². The van der Waals surface area contributed by atoms with Crippen molar-refractivity contribution in [2.75, 3.05) is 20.5 Å². The molecule has 3 rings (SSSR count). The number of methoxy groups -OCH3 is 1. The smallest absolute Gasteiger partial charge is 0.316 e. The van der Waals surface area contributed by atoms with E-state index in [2.05, 4.69) is 0 Å². The molecule has 0 aliphatic heterocycles. The Morgan fingerprint density at radius 3 is 2.26 bits per heavy atom. The molecule has 0 amide bonds.